The van der Waals surface area contributed by atoms with E-state index in [9.17, 15) is 9.59 Å². The number of nitrogens with zero attached hydrogens (tertiary/aromatic N) is 3. The third-order valence-corrected chi connectivity index (χ3v) is 2.43. The van der Waals surface area contributed by atoms with E-state index in [1.54, 1.807) is 24.3 Å². The zero-order valence-corrected chi connectivity index (χ0v) is 10.9. The minimum atomic E-state index is -0.253. The first-order valence-electron chi connectivity index (χ1n) is 6.09. The second-order valence-corrected chi connectivity index (χ2v) is 3.96. The van der Waals surface area contributed by atoms with E-state index in [0.29, 0.717) is 18.6 Å². The number of ether oxygens (including phenoxy) is 1. The van der Waals surface area contributed by atoms with Crippen molar-refractivity contribution in [1.82, 2.24) is 15.0 Å². The van der Waals surface area contributed by atoms with Gasteiger partial charge in [0.1, 0.15) is 18.0 Å². The molecule has 0 spiro atoms. The van der Waals surface area contributed by atoms with Gasteiger partial charge in [0.05, 0.1) is 12.8 Å². The number of nitrogens with one attached hydrogen (secondary N) is 1. The van der Waals surface area contributed by atoms with Gasteiger partial charge in [0.2, 0.25) is 5.91 Å². The van der Waals surface area contributed by atoms with Crippen LogP contribution >= 0.6 is 0 Å². The Morgan fingerprint density at radius 3 is 2.75 bits per heavy atom. The van der Waals surface area contributed by atoms with E-state index in [1.807, 2.05) is 6.92 Å². The van der Waals surface area contributed by atoms with Crippen molar-refractivity contribution in [2.24, 2.45) is 0 Å². The summed E-state index contributed by atoms with van der Waals surface area (Å²) in [5, 5.41) is 9.95. The van der Waals surface area contributed by atoms with Crippen molar-refractivity contribution in [1.29, 1.82) is 0 Å². The van der Waals surface area contributed by atoms with E-state index in [2.05, 4.69) is 15.6 Å². The molecule has 20 heavy (non-hydrogen) atoms. The van der Waals surface area contributed by atoms with Crippen LogP contribution in [0, 0.1) is 0 Å². The monoisotopic (exact) mass is 274 g/mol. The highest BCUT2D eigenvalue weighted by molar-refractivity contribution is 5.90. The Hall–Kier alpha value is -2.70. The second-order valence-electron chi connectivity index (χ2n) is 3.96. The van der Waals surface area contributed by atoms with Gasteiger partial charge in [-0.05, 0) is 31.2 Å². The van der Waals surface area contributed by atoms with Crippen LogP contribution in [0.5, 0.6) is 5.75 Å². The summed E-state index contributed by atoms with van der Waals surface area (Å²) in [6.45, 7) is 2.49. The highest BCUT2D eigenvalue weighted by Crippen LogP contribution is 2.15. The van der Waals surface area contributed by atoms with Crippen LogP contribution in [-0.4, -0.2) is 33.8 Å². The number of benzene rings is 1. The van der Waals surface area contributed by atoms with Crippen LogP contribution in [0.15, 0.2) is 30.5 Å². The van der Waals surface area contributed by atoms with E-state index in [-0.39, 0.29) is 18.1 Å². The molecule has 0 bridgehead atoms. The number of aromatic nitrogens is 3. The number of hydrogen-bond donors (Lipinski definition) is 1. The van der Waals surface area contributed by atoms with Gasteiger partial charge in [0.25, 0.3) is 0 Å². The van der Waals surface area contributed by atoms with Gasteiger partial charge in [0.15, 0.2) is 6.29 Å². The Bertz CT molecular complexity index is 592. The van der Waals surface area contributed by atoms with Gasteiger partial charge in [-0.25, -0.2) is 4.68 Å². The van der Waals surface area contributed by atoms with Crippen molar-refractivity contribution in [2.45, 2.75) is 13.5 Å². The summed E-state index contributed by atoms with van der Waals surface area (Å²) in [5.41, 5.74) is 0.855. The minimum Gasteiger partial charge on any atom is -0.494 e. The van der Waals surface area contributed by atoms with E-state index in [0.717, 1.165) is 5.75 Å². The normalized spacial score (nSPS) is 10.1. The number of hydrogen-bond acceptors (Lipinski definition) is 5. The number of aldehydes is 1. The van der Waals surface area contributed by atoms with Crippen molar-refractivity contribution in [2.75, 3.05) is 11.9 Å². The second kappa shape index (κ2) is 6.46. The molecule has 1 heterocycles. The molecule has 1 aromatic heterocycles. The van der Waals surface area contributed by atoms with Crippen LogP contribution in [-0.2, 0) is 11.3 Å². The molecule has 1 N–H and O–H groups in total. The predicted molar refractivity (Wildman–Crippen MR) is 71.7 cm³/mol. The van der Waals surface area contributed by atoms with Crippen LogP contribution < -0.4 is 10.1 Å². The molecule has 2 aromatic rings. The maximum atomic E-state index is 11.8. The fraction of sp³-hybridized carbons (Fsp3) is 0.231. The lowest BCUT2D eigenvalue weighted by Crippen LogP contribution is -2.19. The molecule has 0 saturated carbocycles. The van der Waals surface area contributed by atoms with Crippen LogP contribution in [0.25, 0.3) is 0 Å². The summed E-state index contributed by atoms with van der Waals surface area (Å²) in [4.78, 5) is 22.2. The molecule has 0 unspecified atom stereocenters. The zero-order chi connectivity index (χ0) is 14.4. The van der Waals surface area contributed by atoms with Crippen LogP contribution in [0.1, 0.15) is 17.4 Å². The average Bonchev–Trinajstić information content (AvgIpc) is 2.89. The molecule has 2 rings (SSSR count). The molecule has 0 saturated heterocycles. The summed E-state index contributed by atoms with van der Waals surface area (Å²) in [6, 6.07) is 7.06. The average molecular weight is 274 g/mol. The molecule has 104 valence electrons. The number of carbonyl (C=O) groups excluding carboxylic acids is 2. The molecule has 7 heteroatoms. The molecular formula is C13H14N4O3. The fourth-order valence-electron chi connectivity index (χ4n) is 1.59. The Kier molecular flexibility index (Phi) is 4.43. The van der Waals surface area contributed by atoms with Gasteiger partial charge < -0.3 is 10.1 Å². The first-order valence-corrected chi connectivity index (χ1v) is 6.09. The minimum absolute atomic E-state index is 0.00590. The molecule has 0 fully saturated rings. The van der Waals surface area contributed by atoms with E-state index >= 15 is 0 Å². The molecule has 1 aromatic carbocycles. The fourth-order valence-corrected chi connectivity index (χ4v) is 1.59. The van der Waals surface area contributed by atoms with Crippen LogP contribution in [0.4, 0.5) is 5.69 Å². The molecular weight excluding hydrogens is 260 g/mol. The van der Waals surface area contributed by atoms with Crippen LogP contribution in [0.2, 0.25) is 0 Å². The lowest BCUT2D eigenvalue weighted by Gasteiger charge is -2.06. The maximum Gasteiger partial charge on any atom is 0.246 e. The van der Waals surface area contributed by atoms with Crippen molar-refractivity contribution < 1.29 is 14.3 Å². The lowest BCUT2D eigenvalue weighted by atomic mass is 10.3. The van der Waals surface area contributed by atoms with Crippen molar-refractivity contribution >= 4 is 17.9 Å². The van der Waals surface area contributed by atoms with Crippen LogP contribution in [0.3, 0.4) is 0 Å². The van der Waals surface area contributed by atoms with E-state index in [4.69, 9.17) is 4.74 Å². The molecule has 1 amide bonds. The SMILES string of the molecule is CCOc1ccc(NC(=O)Cn2cc(C=O)nn2)cc1. The molecule has 0 aliphatic heterocycles. The van der Waals surface area contributed by atoms with Gasteiger partial charge in [0, 0.05) is 5.69 Å². The van der Waals surface area contributed by atoms with E-state index in [1.165, 1.54) is 10.9 Å². The Balaban J connectivity index is 1.92. The molecule has 0 aliphatic rings. The summed E-state index contributed by atoms with van der Waals surface area (Å²) in [6.07, 6.45) is 1.98. The number of rotatable bonds is 6. The van der Waals surface area contributed by atoms with Crippen molar-refractivity contribution in [3.05, 3.63) is 36.2 Å². The summed E-state index contributed by atoms with van der Waals surface area (Å²) in [5.74, 6) is 0.494. The number of anilines is 1. The van der Waals surface area contributed by atoms with Gasteiger partial charge in [-0.1, -0.05) is 5.21 Å². The van der Waals surface area contributed by atoms with Gasteiger partial charge in [-0.3, -0.25) is 9.59 Å². The molecule has 0 aliphatic carbocycles. The van der Waals surface area contributed by atoms with Gasteiger partial charge >= 0.3 is 0 Å². The molecule has 0 atom stereocenters. The predicted octanol–water partition coefficient (Wildman–Crippen LogP) is 1.13. The third-order valence-electron chi connectivity index (χ3n) is 2.43. The van der Waals surface area contributed by atoms with Crippen molar-refractivity contribution in [3.8, 4) is 5.75 Å². The molecule has 0 radical (unpaired) electrons. The summed E-state index contributed by atoms with van der Waals surface area (Å²) in [7, 11) is 0. The highest BCUT2D eigenvalue weighted by Gasteiger charge is 2.06. The third kappa shape index (κ3) is 3.64. The smallest absolute Gasteiger partial charge is 0.246 e. The van der Waals surface area contributed by atoms with Gasteiger partial charge in [-0.2, -0.15) is 0 Å². The number of carbonyl (C=O) groups is 2. The highest BCUT2D eigenvalue weighted by atomic mass is 16.5. The van der Waals surface area contributed by atoms with Crippen molar-refractivity contribution in [3.63, 3.8) is 0 Å². The van der Waals surface area contributed by atoms with Gasteiger partial charge in [-0.15, -0.1) is 5.10 Å². The topological polar surface area (TPSA) is 86.1 Å². The summed E-state index contributed by atoms with van der Waals surface area (Å²) < 4.78 is 6.61. The lowest BCUT2D eigenvalue weighted by molar-refractivity contribution is -0.116. The maximum absolute atomic E-state index is 11.8. The largest absolute Gasteiger partial charge is 0.494 e. The first-order chi connectivity index (χ1) is 9.71. The standard InChI is InChI=1S/C13H14N4O3/c1-2-20-12-5-3-10(4-6-12)14-13(19)8-17-7-11(9-18)15-16-17/h3-7,9H,2,8H2,1H3,(H,14,19). The first kappa shape index (κ1) is 13.7. The Labute approximate surface area is 115 Å². The quantitative estimate of drug-likeness (QED) is 0.798. The zero-order valence-electron chi connectivity index (χ0n) is 10.9. The summed E-state index contributed by atoms with van der Waals surface area (Å²) >= 11 is 0. The van der Waals surface area contributed by atoms with E-state index < -0.39 is 0 Å². The Morgan fingerprint density at radius 1 is 1.40 bits per heavy atom. The Morgan fingerprint density at radius 2 is 2.15 bits per heavy atom. The molecule has 7 nitrogen and oxygen atoms in total. The number of amides is 1.